The van der Waals surface area contributed by atoms with E-state index in [1.165, 1.54) is 26.4 Å². The molecule has 1 aliphatic rings. The van der Waals surface area contributed by atoms with Crippen LogP contribution < -0.4 is 5.32 Å². The van der Waals surface area contributed by atoms with Gasteiger partial charge in [-0.1, -0.05) is 19.3 Å². The van der Waals surface area contributed by atoms with E-state index in [2.05, 4.69) is 10.1 Å². The summed E-state index contributed by atoms with van der Waals surface area (Å²) < 4.78 is 9.05. The molecule has 0 atom stereocenters. The summed E-state index contributed by atoms with van der Waals surface area (Å²) in [6.45, 7) is 6.02. The highest BCUT2D eigenvalue weighted by molar-refractivity contribution is 5.68. The van der Waals surface area contributed by atoms with E-state index < -0.39 is 5.60 Å². The van der Waals surface area contributed by atoms with Gasteiger partial charge in [0.25, 0.3) is 6.47 Å². The van der Waals surface area contributed by atoms with Crippen molar-refractivity contribution in [3.8, 4) is 0 Å². The lowest BCUT2D eigenvalue weighted by molar-refractivity contribution is -0.126. The van der Waals surface area contributed by atoms with Gasteiger partial charge in [0.2, 0.25) is 0 Å². The Hall–Kier alpha value is -1.26. The lowest BCUT2D eigenvalue weighted by atomic mass is 9.96. The fourth-order valence-corrected chi connectivity index (χ4v) is 1.72. The SMILES string of the molecule is CC(C)(C)OC(=O)NC1CCCCC1.COC=O. The number of ether oxygens (including phenoxy) is 2. The van der Waals surface area contributed by atoms with Crippen molar-refractivity contribution in [3.05, 3.63) is 0 Å². The Balaban J connectivity index is 0.000000631. The van der Waals surface area contributed by atoms with Crippen LogP contribution in [-0.4, -0.2) is 31.3 Å². The van der Waals surface area contributed by atoms with Crippen molar-refractivity contribution < 1.29 is 19.1 Å². The third-order valence-corrected chi connectivity index (χ3v) is 2.42. The smallest absolute Gasteiger partial charge is 0.407 e. The highest BCUT2D eigenvalue weighted by Crippen LogP contribution is 2.18. The van der Waals surface area contributed by atoms with E-state index in [1.807, 2.05) is 20.8 Å². The second-order valence-corrected chi connectivity index (χ2v) is 5.31. The number of hydrogen-bond donors (Lipinski definition) is 1. The number of nitrogens with one attached hydrogen (secondary N) is 1. The molecule has 1 N–H and O–H groups in total. The molecule has 0 aromatic heterocycles. The summed E-state index contributed by atoms with van der Waals surface area (Å²) >= 11 is 0. The Labute approximate surface area is 109 Å². The molecule has 1 amide bonds. The summed E-state index contributed by atoms with van der Waals surface area (Å²) in [5.41, 5.74) is -0.390. The molecular weight excluding hydrogens is 234 g/mol. The molecule has 0 saturated heterocycles. The zero-order valence-corrected chi connectivity index (χ0v) is 11.8. The molecule has 0 aromatic rings. The van der Waals surface area contributed by atoms with Crippen molar-refractivity contribution in [1.29, 1.82) is 0 Å². The molecule has 1 rings (SSSR count). The van der Waals surface area contributed by atoms with Gasteiger partial charge in [0, 0.05) is 6.04 Å². The van der Waals surface area contributed by atoms with E-state index in [0.29, 0.717) is 12.5 Å². The molecule has 5 heteroatoms. The van der Waals surface area contributed by atoms with Crippen molar-refractivity contribution >= 4 is 12.6 Å². The Kier molecular flexibility index (Phi) is 8.16. The van der Waals surface area contributed by atoms with Crippen LogP contribution in [0.2, 0.25) is 0 Å². The molecule has 106 valence electrons. The maximum Gasteiger partial charge on any atom is 0.407 e. The number of methoxy groups -OCH3 is 1. The molecule has 18 heavy (non-hydrogen) atoms. The monoisotopic (exact) mass is 259 g/mol. The van der Waals surface area contributed by atoms with Crippen molar-refractivity contribution in [1.82, 2.24) is 5.32 Å². The van der Waals surface area contributed by atoms with Gasteiger partial charge in [-0.05, 0) is 33.6 Å². The van der Waals surface area contributed by atoms with Crippen molar-refractivity contribution in [2.24, 2.45) is 0 Å². The van der Waals surface area contributed by atoms with Crippen LogP contribution in [0.15, 0.2) is 0 Å². The lowest BCUT2D eigenvalue weighted by Gasteiger charge is -2.25. The van der Waals surface area contributed by atoms with Crippen LogP contribution in [0.4, 0.5) is 4.79 Å². The lowest BCUT2D eigenvalue weighted by Crippen LogP contribution is -2.39. The minimum atomic E-state index is -0.390. The van der Waals surface area contributed by atoms with Gasteiger partial charge < -0.3 is 14.8 Å². The van der Waals surface area contributed by atoms with Crippen LogP contribution in [0, 0.1) is 0 Å². The van der Waals surface area contributed by atoms with Crippen molar-refractivity contribution in [2.75, 3.05) is 7.11 Å². The van der Waals surface area contributed by atoms with Gasteiger partial charge in [0.1, 0.15) is 5.60 Å². The minimum Gasteiger partial charge on any atom is -0.471 e. The molecule has 0 unspecified atom stereocenters. The van der Waals surface area contributed by atoms with Crippen LogP contribution in [0.3, 0.4) is 0 Å². The van der Waals surface area contributed by atoms with Gasteiger partial charge in [-0.25, -0.2) is 4.79 Å². The predicted octanol–water partition coefficient (Wildman–Crippen LogP) is 2.63. The second kappa shape index (κ2) is 8.78. The fourth-order valence-electron chi connectivity index (χ4n) is 1.72. The van der Waals surface area contributed by atoms with Gasteiger partial charge in [0.05, 0.1) is 7.11 Å². The first-order valence-corrected chi connectivity index (χ1v) is 6.35. The van der Waals surface area contributed by atoms with Gasteiger partial charge in [-0.3, -0.25) is 4.79 Å². The summed E-state index contributed by atoms with van der Waals surface area (Å²) in [4.78, 5) is 20.3. The zero-order chi connectivity index (χ0) is 14.0. The molecule has 0 bridgehead atoms. The predicted molar refractivity (Wildman–Crippen MR) is 69.3 cm³/mol. The molecule has 0 aliphatic heterocycles. The molecule has 1 fully saturated rings. The first kappa shape index (κ1) is 16.7. The summed E-state index contributed by atoms with van der Waals surface area (Å²) in [5.74, 6) is 0. The third-order valence-electron chi connectivity index (χ3n) is 2.42. The van der Waals surface area contributed by atoms with E-state index >= 15 is 0 Å². The van der Waals surface area contributed by atoms with Crippen molar-refractivity contribution in [2.45, 2.75) is 64.5 Å². The summed E-state index contributed by atoms with van der Waals surface area (Å²) in [6.07, 6.45) is 5.66. The Morgan fingerprint density at radius 3 is 2.11 bits per heavy atom. The number of amides is 1. The summed E-state index contributed by atoms with van der Waals surface area (Å²) in [6, 6.07) is 0.332. The average molecular weight is 259 g/mol. The highest BCUT2D eigenvalue weighted by atomic mass is 16.6. The maximum absolute atomic E-state index is 11.4. The van der Waals surface area contributed by atoms with E-state index in [9.17, 15) is 4.79 Å². The van der Waals surface area contributed by atoms with E-state index in [0.717, 1.165) is 12.8 Å². The molecule has 0 heterocycles. The largest absolute Gasteiger partial charge is 0.471 e. The van der Waals surface area contributed by atoms with Gasteiger partial charge >= 0.3 is 6.09 Å². The van der Waals surface area contributed by atoms with Crippen LogP contribution >= 0.6 is 0 Å². The molecule has 1 saturated carbocycles. The Morgan fingerprint density at radius 2 is 1.72 bits per heavy atom. The molecule has 0 spiro atoms. The second-order valence-electron chi connectivity index (χ2n) is 5.31. The third kappa shape index (κ3) is 9.93. The maximum atomic E-state index is 11.4. The Bertz CT molecular complexity index is 242. The minimum absolute atomic E-state index is 0.274. The molecule has 0 radical (unpaired) electrons. The van der Waals surface area contributed by atoms with E-state index in [1.54, 1.807) is 0 Å². The summed E-state index contributed by atoms with van der Waals surface area (Å²) in [7, 11) is 1.31. The van der Waals surface area contributed by atoms with Gasteiger partial charge in [-0.15, -0.1) is 0 Å². The van der Waals surface area contributed by atoms with Crippen molar-refractivity contribution in [3.63, 3.8) is 0 Å². The number of carbonyl (C=O) groups is 2. The standard InChI is InChI=1S/C11H21NO2.C2H4O2/c1-11(2,3)14-10(13)12-9-7-5-4-6-8-9;1-4-2-3/h9H,4-8H2,1-3H3,(H,12,13);2H,1H3. The normalized spacial score (nSPS) is 16.0. The Morgan fingerprint density at radius 1 is 1.22 bits per heavy atom. The average Bonchev–Trinajstić information content (AvgIpc) is 2.28. The van der Waals surface area contributed by atoms with Crippen LogP contribution in [-0.2, 0) is 14.3 Å². The quantitative estimate of drug-likeness (QED) is 0.774. The van der Waals surface area contributed by atoms with Crippen LogP contribution in [0.25, 0.3) is 0 Å². The van der Waals surface area contributed by atoms with Crippen LogP contribution in [0.5, 0.6) is 0 Å². The zero-order valence-electron chi connectivity index (χ0n) is 11.8. The molecule has 1 aliphatic carbocycles. The topological polar surface area (TPSA) is 64.6 Å². The van der Waals surface area contributed by atoms with E-state index in [-0.39, 0.29) is 6.09 Å². The number of hydrogen-bond acceptors (Lipinski definition) is 4. The number of alkyl carbamates (subject to hydrolysis) is 1. The summed E-state index contributed by atoms with van der Waals surface area (Å²) in [5, 5.41) is 2.91. The van der Waals surface area contributed by atoms with Crippen LogP contribution in [0.1, 0.15) is 52.9 Å². The fraction of sp³-hybridized carbons (Fsp3) is 0.846. The number of rotatable bonds is 2. The highest BCUT2D eigenvalue weighted by Gasteiger charge is 2.20. The number of carbonyl (C=O) groups excluding carboxylic acids is 2. The van der Waals surface area contributed by atoms with Gasteiger partial charge in [-0.2, -0.15) is 0 Å². The molecular formula is C13H25NO4. The molecule has 5 nitrogen and oxygen atoms in total. The first-order chi connectivity index (χ1) is 8.39. The van der Waals surface area contributed by atoms with E-state index in [4.69, 9.17) is 9.53 Å². The molecule has 0 aromatic carbocycles. The first-order valence-electron chi connectivity index (χ1n) is 6.35. The van der Waals surface area contributed by atoms with Gasteiger partial charge in [0.15, 0.2) is 0 Å².